The van der Waals surface area contributed by atoms with Crippen LogP contribution in [0.5, 0.6) is 5.75 Å². The Morgan fingerprint density at radius 1 is 0.838 bits per heavy atom. The number of unbranched alkanes of at least 4 members (excludes halogenated alkanes) is 2. The predicted molar refractivity (Wildman–Crippen MR) is 136 cm³/mol. The average molecular weight is 516 g/mol. The third kappa shape index (κ3) is 5.28. The number of carbonyl (C=O) groups excluding carboxylic acids is 1. The van der Waals surface area contributed by atoms with Crippen LogP contribution < -0.4 is 10.1 Å². The zero-order valence-electron chi connectivity index (χ0n) is 22.0. The van der Waals surface area contributed by atoms with E-state index in [2.05, 4.69) is 12.2 Å². The van der Waals surface area contributed by atoms with Crippen LogP contribution in [0.1, 0.15) is 90.4 Å². The van der Waals surface area contributed by atoms with E-state index in [-0.39, 0.29) is 5.91 Å². The van der Waals surface area contributed by atoms with Crippen LogP contribution in [0.3, 0.4) is 0 Å². The van der Waals surface area contributed by atoms with E-state index < -0.39 is 42.3 Å². The van der Waals surface area contributed by atoms with Gasteiger partial charge in [-0.15, -0.1) is 0 Å². The summed E-state index contributed by atoms with van der Waals surface area (Å²) in [4.78, 5) is 13.6. The smallest absolute Gasteiger partial charge is 0.256 e. The summed E-state index contributed by atoms with van der Waals surface area (Å²) in [7, 11) is 0. The van der Waals surface area contributed by atoms with Gasteiger partial charge in [0.2, 0.25) is 0 Å². The molecule has 204 valence electrons. The van der Waals surface area contributed by atoms with Gasteiger partial charge in [0.15, 0.2) is 24.0 Å². The summed E-state index contributed by atoms with van der Waals surface area (Å²) in [6.45, 7) is 2.87. The predicted octanol–water partition coefficient (Wildman–Crippen LogP) is 5.44. The second-order valence-electron chi connectivity index (χ2n) is 11.3. The quantitative estimate of drug-likeness (QED) is 0.484. The van der Waals surface area contributed by atoms with Crippen molar-refractivity contribution in [3.05, 3.63) is 24.3 Å². The summed E-state index contributed by atoms with van der Waals surface area (Å²) in [6.07, 6.45) is 10.5. The Bertz CT molecular complexity index is 925. The molecule has 2 saturated carbocycles. The number of nitrogens with one attached hydrogen (secondary N) is 1. The Hall–Kier alpha value is -1.71. The van der Waals surface area contributed by atoms with Gasteiger partial charge in [0.05, 0.1) is 6.61 Å². The fourth-order valence-corrected chi connectivity index (χ4v) is 6.56. The van der Waals surface area contributed by atoms with Gasteiger partial charge in [-0.2, -0.15) is 0 Å². The fraction of sp³-hybridized carbons (Fsp3) is 0.759. The minimum absolute atomic E-state index is 0.255. The monoisotopic (exact) mass is 515 g/mol. The van der Waals surface area contributed by atoms with Crippen LogP contribution >= 0.6 is 0 Å². The molecule has 0 radical (unpaired) electrons. The third-order valence-electron chi connectivity index (χ3n) is 8.51. The zero-order valence-corrected chi connectivity index (χ0v) is 22.0. The maximum absolute atomic E-state index is 13.6. The van der Waals surface area contributed by atoms with Gasteiger partial charge in [-0.1, -0.05) is 32.6 Å². The van der Waals surface area contributed by atoms with Gasteiger partial charge in [0, 0.05) is 31.4 Å². The molecule has 2 aliphatic carbocycles. The Labute approximate surface area is 219 Å². The van der Waals surface area contributed by atoms with Gasteiger partial charge in [-0.25, -0.2) is 0 Å². The molecule has 0 unspecified atom stereocenters. The molecule has 1 aromatic rings. The van der Waals surface area contributed by atoms with E-state index in [1.54, 1.807) is 0 Å². The maximum atomic E-state index is 13.6. The molecule has 37 heavy (non-hydrogen) atoms. The molecule has 1 amide bonds. The Balaban J connectivity index is 1.16. The Morgan fingerprint density at radius 3 is 2.14 bits per heavy atom. The van der Waals surface area contributed by atoms with Crippen LogP contribution in [-0.2, 0) is 28.5 Å². The van der Waals surface area contributed by atoms with E-state index in [4.69, 9.17) is 28.4 Å². The number of hydrogen-bond donors (Lipinski definition) is 1. The lowest BCUT2D eigenvalue weighted by Crippen LogP contribution is -2.58. The first kappa shape index (κ1) is 25.6. The van der Waals surface area contributed by atoms with Crippen molar-refractivity contribution in [2.24, 2.45) is 0 Å². The molecule has 1 N–H and O–H groups in total. The van der Waals surface area contributed by atoms with Gasteiger partial charge in [-0.05, 0) is 56.4 Å². The van der Waals surface area contributed by atoms with E-state index in [1.165, 1.54) is 12.8 Å². The van der Waals surface area contributed by atoms with E-state index in [9.17, 15) is 4.79 Å². The highest BCUT2D eigenvalue weighted by Crippen LogP contribution is 2.51. The van der Waals surface area contributed by atoms with E-state index in [0.717, 1.165) is 76.4 Å². The number of hydrogen-bond acceptors (Lipinski definition) is 7. The Kier molecular flexibility index (Phi) is 7.47. The van der Waals surface area contributed by atoms with Crippen molar-refractivity contribution in [3.8, 4) is 5.75 Å². The SMILES string of the molecule is CCCCCOc1ccc(NC(=O)[C@@H]2O[C@@H]3OC4(CCCCC4)O[C@@H]3[C@H]3OC4(CCCCC4)O[C@H]32)cc1. The van der Waals surface area contributed by atoms with Crippen LogP contribution in [0.4, 0.5) is 5.69 Å². The van der Waals surface area contributed by atoms with Gasteiger partial charge >= 0.3 is 0 Å². The highest BCUT2D eigenvalue weighted by molar-refractivity contribution is 5.94. The molecule has 8 heteroatoms. The van der Waals surface area contributed by atoms with Crippen molar-refractivity contribution in [1.29, 1.82) is 0 Å². The van der Waals surface area contributed by atoms with Crippen molar-refractivity contribution in [2.75, 3.05) is 11.9 Å². The summed E-state index contributed by atoms with van der Waals surface area (Å²) in [5.74, 6) is -0.753. The van der Waals surface area contributed by atoms with E-state index >= 15 is 0 Å². The standard InChI is InChI=1S/C29H41NO7/c1-2-3-10-19-32-21-13-11-20(12-14-21)30-26(31)24-22-23(35-28(34-22)15-6-4-7-16-28)25-27(33-24)37-29(36-25)17-8-5-9-18-29/h11-14,22-25,27H,2-10,15-19H2,1H3,(H,30,31)/t22-,23+,24-,25-,27-/m1/s1. The summed E-state index contributed by atoms with van der Waals surface area (Å²) < 4.78 is 38.3. The molecule has 5 fully saturated rings. The largest absolute Gasteiger partial charge is 0.494 e. The van der Waals surface area contributed by atoms with E-state index in [0.29, 0.717) is 12.3 Å². The topological polar surface area (TPSA) is 84.5 Å². The van der Waals surface area contributed by atoms with Gasteiger partial charge < -0.3 is 33.7 Å². The highest BCUT2D eigenvalue weighted by Gasteiger charge is 2.65. The molecule has 5 aliphatic rings. The van der Waals surface area contributed by atoms with Crippen LogP contribution in [-0.4, -0.2) is 54.8 Å². The molecule has 3 aliphatic heterocycles. The molecule has 0 bridgehead atoms. The molecule has 0 aromatic heterocycles. The lowest BCUT2D eigenvalue weighted by molar-refractivity contribution is -0.246. The van der Waals surface area contributed by atoms with Crippen molar-refractivity contribution >= 4 is 11.6 Å². The first-order valence-corrected chi connectivity index (χ1v) is 14.5. The first-order valence-electron chi connectivity index (χ1n) is 14.5. The van der Waals surface area contributed by atoms with Crippen LogP contribution in [0, 0.1) is 0 Å². The molecule has 1 aromatic carbocycles. The average Bonchev–Trinajstić information content (AvgIpc) is 3.45. The molecular formula is C29H41NO7. The van der Waals surface area contributed by atoms with Gasteiger partial charge in [-0.3, -0.25) is 4.79 Å². The number of carbonyl (C=O) groups is 1. The van der Waals surface area contributed by atoms with Crippen LogP contribution in [0.2, 0.25) is 0 Å². The lowest BCUT2D eigenvalue weighted by Gasteiger charge is -2.36. The van der Waals surface area contributed by atoms with Crippen LogP contribution in [0.15, 0.2) is 24.3 Å². The minimum Gasteiger partial charge on any atom is -0.494 e. The second-order valence-corrected chi connectivity index (χ2v) is 11.3. The maximum Gasteiger partial charge on any atom is 0.256 e. The Morgan fingerprint density at radius 2 is 1.46 bits per heavy atom. The fourth-order valence-electron chi connectivity index (χ4n) is 6.56. The first-order chi connectivity index (χ1) is 18.1. The zero-order chi connectivity index (χ0) is 25.3. The number of fused-ring (bicyclic) bond motifs is 3. The minimum atomic E-state index is -0.847. The van der Waals surface area contributed by atoms with Gasteiger partial charge in [0.25, 0.3) is 5.91 Å². The number of amides is 1. The molecule has 3 saturated heterocycles. The highest BCUT2D eigenvalue weighted by atomic mass is 16.9. The number of rotatable bonds is 7. The molecular weight excluding hydrogens is 474 g/mol. The summed E-state index contributed by atoms with van der Waals surface area (Å²) in [5, 5.41) is 3.02. The normalized spacial score (nSPS) is 33.7. The molecule has 6 rings (SSSR count). The molecule has 5 atom stereocenters. The van der Waals surface area contributed by atoms with E-state index in [1.807, 2.05) is 24.3 Å². The number of benzene rings is 1. The van der Waals surface area contributed by atoms with Crippen LogP contribution in [0.25, 0.3) is 0 Å². The van der Waals surface area contributed by atoms with Crippen molar-refractivity contribution in [2.45, 2.75) is 133 Å². The summed E-state index contributed by atoms with van der Waals surface area (Å²) in [6, 6.07) is 7.48. The molecule has 8 nitrogen and oxygen atoms in total. The lowest BCUT2D eigenvalue weighted by atomic mass is 9.94. The van der Waals surface area contributed by atoms with Crippen molar-refractivity contribution in [3.63, 3.8) is 0 Å². The molecule has 2 spiro atoms. The summed E-state index contributed by atoms with van der Waals surface area (Å²) >= 11 is 0. The van der Waals surface area contributed by atoms with Crippen molar-refractivity contribution in [1.82, 2.24) is 0 Å². The number of ether oxygens (including phenoxy) is 6. The summed E-state index contributed by atoms with van der Waals surface area (Å²) in [5.41, 5.74) is 0.687. The molecule has 3 heterocycles. The van der Waals surface area contributed by atoms with Gasteiger partial charge in [0.1, 0.15) is 24.1 Å². The van der Waals surface area contributed by atoms with Crippen molar-refractivity contribution < 1.29 is 33.2 Å². The third-order valence-corrected chi connectivity index (χ3v) is 8.51. The second kappa shape index (κ2) is 10.8. The number of anilines is 1.